The van der Waals surface area contributed by atoms with Crippen LogP contribution in [0.3, 0.4) is 0 Å². The third-order valence-electron chi connectivity index (χ3n) is 3.41. The smallest absolute Gasteiger partial charge is 0.0835 e. The molecule has 0 fully saturated rings. The zero-order valence-corrected chi connectivity index (χ0v) is 15.0. The Morgan fingerprint density at radius 2 is 1.76 bits per heavy atom. The Morgan fingerprint density at radius 3 is 2.43 bits per heavy atom. The molecule has 0 aliphatic heterocycles. The van der Waals surface area contributed by atoms with Crippen molar-refractivity contribution < 1.29 is 0 Å². The molecule has 0 aromatic heterocycles. The number of benzene rings is 2. The SMILES string of the molecule is CCCCC(Nc1ccc(Br)c(Cl)c1Cl)c1ccccc1. The fourth-order valence-electron chi connectivity index (χ4n) is 2.24. The van der Waals surface area contributed by atoms with Crippen molar-refractivity contribution in [3.05, 3.63) is 62.5 Å². The first kappa shape index (κ1) is 16.7. The highest BCUT2D eigenvalue weighted by Crippen LogP contribution is 2.37. The number of nitrogens with one attached hydrogen (secondary N) is 1. The number of halogens is 3. The molecule has 112 valence electrons. The van der Waals surface area contributed by atoms with E-state index < -0.39 is 0 Å². The number of hydrogen-bond donors (Lipinski definition) is 1. The van der Waals surface area contributed by atoms with Crippen LogP contribution in [0, 0.1) is 0 Å². The molecule has 1 unspecified atom stereocenters. The lowest BCUT2D eigenvalue weighted by atomic mass is 10.0. The molecule has 0 radical (unpaired) electrons. The lowest BCUT2D eigenvalue weighted by Gasteiger charge is -2.21. The fourth-order valence-corrected chi connectivity index (χ4v) is 3.07. The quantitative estimate of drug-likeness (QED) is 0.522. The predicted octanol–water partition coefficient (Wildman–Crippen LogP) is 7.10. The average molecular weight is 387 g/mol. The molecule has 1 nitrogen and oxygen atoms in total. The van der Waals surface area contributed by atoms with Crippen LogP contribution in [0.15, 0.2) is 46.9 Å². The minimum absolute atomic E-state index is 0.237. The molecule has 2 aromatic carbocycles. The van der Waals surface area contributed by atoms with E-state index in [2.05, 4.69) is 52.4 Å². The van der Waals surface area contributed by atoms with Gasteiger partial charge in [-0.2, -0.15) is 0 Å². The van der Waals surface area contributed by atoms with E-state index in [0.29, 0.717) is 10.0 Å². The molecule has 0 aliphatic carbocycles. The van der Waals surface area contributed by atoms with Crippen LogP contribution in [0.1, 0.15) is 37.8 Å². The highest BCUT2D eigenvalue weighted by Gasteiger charge is 2.14. The summed E-state index contributed by atoms with van der Waals surface area (Å²) in [7, 11) is 0. The molecular weight excluding hydrogens is 369 g/mol. The number of hydrogen-bond acceptors (Lipinski definition) is 1. The summed E-state index contributed by atoms with van der Waals surface area (Å²) >= 11 is 15.9. The summed E-state index contributed by atoms with van der Waals surface area (Å²) in [5.74, 6) is 0. The minimum Gasteiger partial charge on any atom is -0.377 e. The summed E-state index contributed by atoms with van der Waals surface area (Å²) in [5, 5.41) is 4.63. The molecular formula is C17H18BrCl2N. The van der Waals surface area contributed by atoms with Gasteiger partial charge in [-0.1, -0.05) is 73.3 Å². The molecule has 21 heavy (non-hydrogen) atoms. The van der Waals surface area contributed by atoms with E-state index in [1.165, 1.54) is 12.0 Å². The molecule has 0 saturated heterocycles. The van der Waals surface area contributed by atoms with Crippen LogP contribution in [-0.4, -0.2) is 0 Å². The molecule has 0 heterocycles. The van der Waals surface area contributed by atoms with E-state index in [1.807, 2.05) is 18.2 Å². The van der Waals surface area contributed by atoms with E-state index in [9.17, 15) is 0 Å². The Labute approximate surface area is 144 Å². The van der Waals surface area contributed by atoms with Crippen molar-refractivity contribution in [2.75, 3.05) is 5.32 Å². The zero-order chi connectivity index (χ0) is 15.2. The van der Waals surface area contributed by atoms with Crippen molar-refractivity contribution >= 4 is 44.8 Å². The lowest BCUT2D eigenvalue weighted by Crippen LogP contribution is -2.11. The minimum atomic E-state index is 0.237. The largest absolute Gasteiger partial charge is 0.377 e. The van der Waals surface area contributed by atoms with Gasteiger partial charge in [-0.15, -0.1) is 0 Å². The van der Waals surface area contributed by atoms with Crippen molar-refractivity contribution in [3.8, 4) is 0 Å². The molecule has 0 amide bonds. The van der Waals surface area contributed by atoms with Gasteiger partial charge in [0.25, 0.3) is 0 Å². The van der Waals surface area contributed by atoms with Crippen molar-refractivity contribution in [2.24, 2.45) is 0 Å². The first-order valence-corrected chi connectivity index (χ1v) is 8.63. The van der Waals surface area contributed by atoms with E-state index in [0.717, 1.165) is 23.0 Å². The highest BCUT2D eigenvalue weighted by atomic mass is 79.9. The third-order valence-corrected chi connectivity index (χ3v) is 5.18. The van der Waals surface area contributed by atoms with Crippen molar-refractivity contribution in [3.63, 3.8) is 0 Å². The van der Waals surface area contributed by atoms with Crippen molar-refractivity contribution in [2.45, 2.75) is 32.2 Å². The number of rotatable bonds is 6. The highest BCUT2D eigenvalue weighted by molar-refractivity contribution is 9.10. The van der Waals surface area contributed by atoms with Crippen molar-refractivity contribution in [1.29, 1.82) is 0 Å². The maximum atomic E-state index is 6.34. The van der Waals surface area contributed by atoms with Gasteiger partial charge in [0.2, 0.25) is 0 Å². The summed E-state index contributed by atoms with van der Waals surface area (Å²) < 4.78 is 0.810. The summed E-state index contributed by atoms with van der Waals surface area (Å²) in [6.45, 7) is 2.20. The standard InChI is InChI=1S/C17H18BrCl2N/c1-2-3-9-14(12-7-5-4-6-8-12)21-15-11-10-13(18)16(19)17(15)20/h4-8,10-11,14,21H,2-3,9H2,1H3. The van der Waals surface area contributed by atoms with Gasteiger partial charge < -0.3 is 5.32 Å². The van der Waals surface area contributed by atoms with Crippen molar-refractivity contribution in [1.82, 2.24) is 0 Å². The Kier molecular flexibility index (Phi) is 6.40. The first-order valence-electron chi connectivity index (χ1n) is 7.08. The molecule has 1 atom stereocenters. The van der Waals surface area contributed by atoms with Crippen LogP contribution < -0.4 is 5.32 Å². The topological polar surface area (TPSA) is 12.0 Å². The molecule has 4 heteroatoms. The van der Waals surface area contributed by atoms with Gasteiger partial charge in [-0.25, -0.2) is 0 Å². The molecule has 0 spiro atoms. The Hall–Kier alpha value is -0.700. The third kappa shape index (κ3) is 4.38. The summed E-state index contributed by atoms with van der Waals surface area (Å²) in [6, 6.07) is 14.5. The van der Waals surface area contributed by atoms with Crippen LogP contribution in [0.2, 0.25) is 10.0 Å². The fraction of sp³-hybridized carbons (Fsp3) is 0.294. The molecule has 0 aliphatic rings. The van der Waals surface area contributed by atoms with Crippen LogP contribution in [-0.2, 0) is 0 Å². The van der Waals surface area contributed by atoms with Gasteiger partial charge in [0.15, 0.2) is 0 Å². The van der Waals surface area contributed by atoms with Gasteiger partial charge in [0.1, 0.15) is 0 Å². The monoisotopic (exact) mass is 385 g/mol. The van der Waals surface area contributed by atoms with Gasteiger partial charge in [0.05, 0.1) is 21.8 Å². The molecule has 2 rings (SSSR count). The molecule has 2 aromatic rings. The Morgan fingerprint density at radius 1 is 1.05 bits per heavy atom. The molecule has 1 N–H and O–H groups in total. The van der Waals surface area contributed by atoms with E-state index in [1.54, 1.807) is 0 Å². The lowest BCUT2D eigenvalue weighted by molar-refractivity contribution is 0.634. The van der Waals surface area contributed by atoms with Crippen LogP contribution in [0.4, 0.5) is 5.69 Å². The second kappa shape index (κ2) is 8.07. The number of unbranched alkanes of at least 4 members (excludes halogenated alkanes) is 1. The molecule has 0 saturated carbocycles. The van der Waals surface area contributed by atoms with Crippen LogP contribution >= 0.6 is 39.1 Å². The second-order valence-corrected chi connectivity index (χ2v) is 6.58. The molecule has 0 bridgehead atoms. The van der Waals surface area contributed by atoms with Gasteiger partial charge in [-0.05, 0) is 40.0 Å². The second-order valence-electron chi connectivity index (χ2n) is 4.97. The average Bonchev–Trinajstić information content (AvgIpc) is 2.52. The predicted molar refractivity (Wildman–Crippen MR) is 96.5 cm³/mol. The summed E-state index contributed by atoms with van der Waals surface area (Å²) in [5.41, 5.74) is 2.14. The summed E-state index contributed by atoms with van der Waals surface area (Å²) in [6.07, 6.45) is 3.39. The van der Waals surface area contributed by atoms with Gasteiger partial charge in [-0.3, -0.25) is 0 Å². The van der Waals surface area contributed by atoms with Crippen LogP contribution in [0.5, 0.6) is 0 Å². The van der Waals surface area contributed by atoms with E-state index >= 15 is 0 Å². The Bertz CT molecular complexity index is 587. The van der Waals surface area contributed by atoms with Crippen LogP contribution in [0.25, 0.3) is 0 Å². The van der Waals surface area contributed by atoms with E-state index in [4.69, 9.17) is 23.2 Å². The zero-order valence-electron chi connectivity index (χ0n) is 11.9. The van der Waals surface area contributed by atoms with Gasteiger partial charge in [0, 0.05) is 4.47 Å². The van der Waals surface area contributed by atoms with E-state index in [-0.39, 0.29) is 6.04 Å². The Balaban J connectivity index is 2.25. The van der Waals surface area contributed by atoms with Gasteiger partial charge >= 0.3 is 0 Å². The summed E-state index contributed by atoms with van der Waals surface area (Å²) in [4.78, 5) is 0. The normalized spacial score (nSPS) is 12.2. The maximum Gasteiger partial charge on any atom is 0.0835 e. The maximum absolute atomic E-state index is 6.34. The first-order chi connectivity index (χ1) is 10.1. The number of anilines is 1.